The summed E-state index contributed by atoms with van der Waals surface area (Å²) in [5.41, 5.74) is 8.57. The Morgan fingerprint density at radius 2 is 2.07 bits per heavy atom. The number of rotatable bonds is 8. The molecule has 2 heterocycles. The van der Waals surface area contributed by atoms with Crippen LogP contribution >= 0.6 is 11.8 Å². The van der Waals surface area contributed by atoms with Crippen molar-refractivity contribution in [3.63, 3.8) is 0 Å². The highest BCUT2D eigenvalue weighted by molar-refractivity contribution is 8.00. The van der Waals surface area contributed by atoms with Crippen LogP contribution in [0.25, 0.3) is 10.4 Å². The molecule has 1 aromatic carbocycles. The summed E-state index contributed by atoms with van der Waals surface area (Å²) in [4.78, 5) is 40.5. The second-order valence-electron chi connectivity index (χ2n) is 6.39. The molecule has 3 atom stereocenters. The number of hydrogen-bond donors (Lipinski definition) is 3. The topological polar surface area (TPSA) is 173 Å². The second kappa shape index (κ2) is 9.20. The highest BCUT2D eigenvalue weighted by atomic mass is 32.2. The monoisotopic (exact) mass is 451 g/mol. The molecular formula is C17H17N5O6S2. The van der Waals surface area contributed by atoms with E-state index in [1.165, 1.54) is 36.0 Å². The zero-order chi connectivity index (χ0) is 21.8. The van der Waals surface area contributed by atoms with Crippen LogP contribution in [0.5, 0.6) is 5.75 Å². The Morgan fingerprint density at radius 1 is 1.37 bits per heavy atom. The predicted molar refractivity (Wildman–Crippen MR) is 108 cm³/mol. The van der Waals surface area contributed by atoms with E-state index < -0.39 is 40.0 Å². The molecule has 2 amide bonds. The van der Waals surface area contributed by atoms with Crippen molar-refractivity contribution in [3.8, 4) is 5.75 Å². The third-order valence-electron chi connectivity index (χ3n) is 4.51. The number of carboxylic acids is 1. The van der Waals surface area contributed by atoms with Gasteiger partial charge in [-0.1, -0.05) is 5.11 Å². The number of thioether (sulfide) groups is 1. The molecule has 0 spiro atoms. The fourth-order valence-corrected chi connectivity index (χ4v) is 5.45. The van der Waals surface area contributed by atoms with Crippen molar-refractivity contribution in [2.24, 2.45) is 5.11 Å². The smallest absolute Gasteiger partial charge is 0.352 e. The maximum absolute atomic E-state index is 12.5. The first-order chi connectivity index (χ1) is 14.3. The Morgan fingerprint density at radius 3 is 2.70 bits per heavy atom. The van der Waals surface area contributed by atoms with Gasteiger partial charge in [0.25, 0.3) is 5.91 Å². The molecule has 11 nitrogen and oxygen atoms in total. The molecule has 13 heteroatoms. The van der Waals surface area contributed by atoms with E-state index in [0.717, 1.165) is 4.90 Å². The second-order valence-corrected chi connectivity index (χ2v) is 9.07. The number of fused-ring (bicyclic) bond motifs is 1. The number of carbonyl (C=O) groups excluding carboxylic acids is 2. The number of azide groups is 1. The van der Waals surface area contributed by atoms with Crippen molar-refractivity contribution in [2.45, 2.75) is 22.7 Å². The highest BCUT2D eigenvalue weighted by Crippen LogP contribution is 2.40. The quantitative estimate of drug-likeness (QED) is 0.228. The molecule has 1 saturated heterocycles. The summed E-state index contributed by atoms with van der Waals surface area (Å²) in [6.45, 7) is -0.151. The third kappa shape index (κ3) is 4.42. The van der Waals surface area contributed by atoms with Gasteiger partial charge in [-0.3, -0.25) is 18.7 Å². The Kier molecular flexibility index (Phi) is 6.65. The van der Waals surface area contributed by atoms with Crippen molar-refractivity contribution in [3.05, 3.63) is 46.0 Å². The summed E-state index contributed by atoms with van der Waals surface area (Å²) in [7, 11) is -1.45. The van der Waals surface area contributed by atoms with Gasteiger partial charge in [0.1, 0.15) is 22.9 Å². The number of aromatic hydroxyl groups is 1. The fourth-order valence-electron chi connectivity index (χ4n) is 3.07. The first kappa shape index (κ1) is 21.7. The summed E-state index contributed by atoms with van der Waals surface area (Å²) >= 11 is 1.27. The molecule has 0 aliphatic carbocycles. The minimum atomic E-state index is -1.45. The number of β-lactam (4-membered cyclic amide) rings is 1. The average Bonchev–Trinajstić information content (AvgIpc) is 2.73. The van der Waals surface area contributed by atoms with E-state index in [2.05, 4.69) is 15.3 Å². The molecule has 2 aliphatic heterocycles. The number of benzene rings is 1. The summed E-state index contributed by atoms with van der Waals surface area (Å²) in [5.74, 6) is -1.99. The first-order valence-electron chi connectivity index (χ1n) is 8.71. The minimum Gasteiger partial charge on any atom is -0.508 e. The summed E-state index contributed by atoms with van der Waals surface area (Å²) < 4.78 is 12.2. The summed E-state index contributed by atoms with van der Waals surface area (Å²) in [6.07, 6.45) is -0.0849. The van der Waals surface area contributed by atoms with Crippen LogP contribution < -0.4 is 5.32 Å². The Hall–Kier alpha value is -3.02. The molecule has 0 aromatic heterocycles. The predicted octanol–water partition coefficient (Wildman–Crippen LogP) is 0.939. The van der Waals surface area contributed by atoms with Crippen LogP contribution in [-0.4, -0.2) is 66.6 Å². The lowest BCUT2D eigenvalue weighted by molar-refractivity contribution is -0.150. The van der Waals surface area contributed by atoms with Crippen LogP contribution in [0.3, 0.4) is 0 Å². The molecule has 3 rings (SSSR count). The standard InChI is InChI=1S/C17H17N5O6S2/c18-21-19-7-9-8-29-16-13(15(25)22(16)14(9)17(26)27)20-12(24)5-6-30(28)11-3-1-10(23)2-4-11/h1-4,13,16,23H,5-8H2,(H,20,24)(H,26,27)/t13?,16-,30?/m0/s1. The van der Waals surface area contributed by atoms with Crippen LogP contribution in [-0.2, 0) is 25.2 Å². The molecule has 30 heavy (non-hydrogen) atoms. The highest BCUT2D eigenvalue weighted by Gasteiger charge is 2.53. The van der Waals surface area contributed by atoms with Gasteiger partial charge in [-0.05, 0) is 35.4 Å². The van der Waals surface area contributed by atoms with Gasteiger partial charge in [0.2, 0.25) is 5.91 Å². The largest absolute Gasteiger partial charge is 0.508 e. The van der Waals surface area contributed by atoms with E-state index in [-0.39, 0.29) is 35.9 Å². The van der Waals surface area contributed by atoms with E-state index >= 15 is 0 Å². The molecule has 1 aromatic rings. The van der Waals surface area contributed by atoms with Gasteiger partial charge in [-0.2, -0.15) is 0 Å². The van der Waals surface area contributed by atoms with E-state index in [9.17, 15) is 28.8 Å². The fraction of sp³-hybridized carbons (Fsp3) is 0.353. The number of hydrogen-bond acceptors (Lipinski definition) is 7. The molecule has 0 bridgehead atoms. The van der Waals surface area contributed by atoms with Crippen molar-refractivity contribution in [1.82, 2.24) is 10.2 Å². The molecule has 158 valence electrons. The van der Waals surface area contributed by atoms with Crippen LogP contribution in [0.4, 0.5) is 0 Å². The minimum absolute atomic E-state index is 0.0373. The van der Waals surface area contributed by atoms with Crippen molar-refractivity contribution in [2.75, 3.05) is 18.1 Å². The number of nitrogens with one attached hydrogen (secondary N) is 1. The Bertz CT molecular complexity index is 989. The first-order valence-corrected chi connectivity index (χ1v) is 11.1. The molecule has 2 aliphatic rings. The molecule has 1 fully saturated rings. The molecular weight excluding hydrogens is 434 g/mol. The number of phenolic OH excluding ortho intramolecular Hbond substituents is 1. The average molecular weight is 451 g/mol. The molecule has 3 N–H and O–H groups in total. The van der Waals surface area contributed by atoms with E-state index in [4.69, 9.17) is 5.53 Å². The normalized spacial score (nSPS) is 21.2. The lowest BCUT2D eigenvalue weighted by Gasteiger charge is -2.49. The third-order valence-corrected chi connectivity index (χ3v) is 7.22. The molecule has 2 unspecified atom stereocenters. The molecule has 0 radical (unpaired) electrons. The van der Waals surface area contributed by atoms with Gasteiger partial charge in [-0.15, -0.1) is 11.8 Å². The van der Waals surface area contributed by atoms with Crippen molar-refractivity contribution >= 4 is 40.3 Å². The lowest BCUT2D eigenvalue weighted by Crippen LogP contribution is -2.70. The molecule has 0 saturated carbocycles. The van der Waals surface area contributed by atoms with E-state index in [1.54, 1.807) is 0 Å². The van der Waals surface area contributed by atoms with Crippen LogP contribution in [0.2, 0.25) is 0 Å². The van der Waals surface area contributed by atoms with E-state index in [0.29, 0.717) is 10.5 Å². The maximum Gasteiger partial charge on any atom is 0.352 e. The Labute approximate surface area is 177 Å². The number of carbonyl (C=O) groups is 3. The van der Waals surface area contributed by atoms with Crippen molar-refractivity contribution < 1.29 is 28.8 Å². The SMILES string of the molecule is [N-]=[N+]=NCC1=C(C(=O)O)N2C(=O)C(NC(=O)CCS(=O)c3ccc(O)cc3)[C@@H]2SC1. The number of phenols is 1. The maximum atomic E-state index is 12.5. The van der Waals surface area contributed by atoms with Crippen LogP contribution in [0, 0.1) is 0 Å². The van der Waals surface area contributed by atoms with Gasteiger partial charge in [0.15, 0.2) is 0 Å². The summed E-state index contributed by atoms with van der Waals surface area (Å²) in [5, 5.41) is 24.1. The van der Waals surface area contributed by atoms with Crippen LogP contribution in [0.15, 0.2) is 45.5 Å². The lowest BCUT2D eigenvalue weighted by atomic mass is 10.0. The van der Waals surface area contributed by atoms with Gasteiger partial charge < -0.3 is 15.5 Å². The van der Waals surface area contributed by atoms with Gasteiger partial charge >= 0.3 is 5.97 Å². The van der Waals surface area contributed by atoms with Crippen molar-refractivity contribution in [1.29, 1.82) is 0 Å². The number of carboxylic acid groups (broad SMARTS) is 1. The zero-order valence-corrected chi connectivity index (χ0v) is 17.1. The Balaban J connectivity index is 1.59. The summed E-state index contributed by atoms with van der Waals surface area (Å²) in [6, 6.07) is 4.93. The van der Waals surface area contributed by atoms with Gasteiger partial charge in [-0.25, -0.2) is 4.79 Å². The van der Waals surface area contributed by atoms with E-state index in [1.807, 2.05) is 0 Å². The number of amides is 2. The van der Waals surface area contributed by atoms with Gasteiger partial charge in [0.05, 0.1) is 17.3 Å². The number of nitrogens with zero attached hydrogens (tertiary/aromatic N) is 4. The number of aliphatic carboxylic acids is 1. The van der Waals surface area contributed by atoms with Gasteiger partial charge in [0, 0.05) is 27.7 Å². The van der Waals surface area contributed by atoms with Crippen LogP contribution in [0.1, 0.15) is 6.42 Å². The zero-order valence-electron chi connectivity index (χ0n) is 15.4.